The lowest BCUT2D eigenvalue weighted by Crippen LogP contribution is -1.86. The molecule has 0 radical (unpaired) electrons. The van der Waals surface area contributed by atoms with E-state index in [1.165, 1.54) is 21.2 Å². The molecule has 1 aromatic carbocycles. The van der Waals surface area contributed by atoms with Crippen molar-refractivity contribution in [3.05, 3.63) is 33.3 Å². The highest BCUT2D eigenvalue weighted by molar-refractivity contribution is 9.10. The van der Waals surface area contributed by atoms with Gasteiger partial charge in [-0.3, -0.25) is 0 Å². The summed E-state index contributed by atoms with van der Waals surface area (Å²) in [5, 5.41) is 0.928. The van der Waals surface area contributed by atoms with Gasteiger partial charge in [0.25, 0.3) is 0 Å². The minimum atomic E-state index is 0.928. The van der Waals surface area contributed by atoms with Crippen LogP contribution in [-0.2, 0) is 5.33 Å². The Kier molecular flexibility index (Phi) is 3.14. The predicted octanol–water partition coefficient (Wildman–Crippen LogP) is 3.96. The van der Waals surface area contributed by atoms with Gasteiger partial charge in [-0.2, -0.15) is 0 Å². The van der Waals surface area contributed by atoms with Gasteiger partial charge < -0.3 is 0 Å². The first-order chi connectivity index (χ1) is 5.15. The number of benzene rings is 1. The van der Waals surface area contributed by atoms with Crippen LogP contribution in [0.25, 0.3) is 0 Å². The Bertz CT molecular complexity index is 267. The van der Waals surface area contributed by atoms with Crippen molar-refractivity contribution in [3.63, 3.8) is 0 Å². The molecule has 0 aliphatic heterocycles. The molecule has 0 aliphatic carbocycles. The van der Waals surface area contributed by atoms with Crippen molar-refractivity contribution in [1.82, 2.24) is 0 Å². The molecular weight excluding hydrogens is 268 g/mol. The molecule has 60 valence electrons. The maximum absolute atomic E-state index is 3.50. The lowest BCUT2D eigenvalue weighted by molar-refractivity contribution is 1.27. The quantitative estimate of drug-likeness (QED) is 0.682. The van der Waals surface area contributed by atoms with E-state index in [0.717, 1.165) is 5.33 Å². The van der Waals surface area contributed by atoms with E-state index < -0.39 is 0 Å². The number of alkyl halides is 1. The van der Waals surface area contributed by atoms with Gasteiger partial charge in [0, 0.05) is 9.80 Å². The molecule has 0 fully saturated rings. The summed E-state index contributed by atoms with van der Waals surface area (Å²) in [6.07, 6.45) is 0. The van der Waals surface area contributed by atoms with Crippen molar-refractivity contribution < 1.29 is 0 Å². The standard InChI is InChI=1S/C9H10Br2/c1-6-3-7(2)9(11)4-8(6)5-10/h3-4H,5H2,1-2H3. The highest BCUT2D eigenvalue weighted by Crippen LogP contribution is 2.22. The van der Waals surface area contributed by atoms with Crippen molar-refractivity contribution in [2.24, 2.45) is 0 Å². The normalized spacial score (nSPS) is 10.2. The van der Waals surface area contributed by atoms with Crippen LogP contribution in [0.4, 0.5) is 0 Å². The molecule has 0 saturated heterocycles. The van der Waals surface area contributed by atoms with E-state index >= 15 is 0 Å². The van der Waals surface area contributed by atoms with Gasteiger partial charge in [-0.25, -0.2) is 0 Å². The zero-order chi connectivity index (χ0) is 8.43. The largest absolute Gasteiger partial charge is 0.0876 e. The third-order valence-corrected chi connectivity index (χ3v) is 3.22. The topological polar surface area (TPSA) is 0 Å². The van der Waals surface area contributed by atoms with Gasteiger partial charge >= 0.3 is 0 Å². The monoisotopic (exact) mass is 276 g/mol. The van der Waals surface area contributed by atoms with Gasteiger partial charge in [0.1, 0.15) is 0 Å². The Balaban J connectivity index is 3.21. The molecule has 11 heavy (non-hydrogen) atoms. The highest BCUT2D eigenvalue weighted by Gasteiger charge is 2.00. The Morgan fingerprint density at radius 3 is 2.36 bits per heavy atom. The minimum Gasteiger partial charge on any atom is -0.0876 e. The van der Waals surface area contributed by atoms with Crippen molar-refractivity contribution in [1.29, 1.82) is 0 Å². The lowest BCUT2D eigenvalue weighted by Gasteiger charge is -2.05. The molecule has 0 N–H and O–H groups in total. The summed E-state index contributed by atoms with van der Waals surface area (Å²) in [6.45, 7) is 4.24. The number of aryl methyl sites for hydroxylation is 2. The van der Waals surface area contributed by atoms with Crippen molar-refractivity contribution in [3.8, 4) is 0 Å². The Labute approximate surface area is 84.3 Å². The summed E-state index contributed by atoms with van der Waals surface area (Å²) in [5.41, 5.74) is 4.00. The Hall–Kier alpha value is 0.180. The second-order valence-electron chi connectivity index (χ2n) is 2.66. The van der Waals surface area contributed by atoms with E-state index in [9.17, 15) is 0 Å². The van der Waals surface area contributed by atoms with Crippen LogP contribution in [0.1, 0.15) is 16.7 Å². The second-order valence-corrected chi connectivity index (χ2v) is 4.08. The third-order valence-electron chi connectivity index (χ3n) is 1.76. The van der Waals surface area contributed by atoms with Crippen LogP contribution < -0.4 is 0 Å². The van der Waals surface area contributed by atoms with E-state index in [1.807, 2.05) is 0 Å². The van der Waals surface area contributed by atoms with E-state index in [2.05, 4.69) is 57.8 Å². The summed E-state index contributed by atoms with van der Waals surface area (Å²) in [4.78, 5) is 0. The predicted molar refractivity (Wildman–Crippen MR) is 56.2 cm³/mol. The molecule has 0 unspecified atom stereocenters. The van der Waals surface area contributed by atoms with Crippen molar-refractivity contribution in [2.45, 2.75) is 19.2 Å². The zero-order valence-corrected chi connectivity index (χ0v) is 9.79. The SMILES string of the molecule is Cc1cc(C)c(CBr)cc1Br. The first-order valence-corrected chi connectivity index (χ1v) is 5.38. The number of halogens is 2. The van der Waals surface area contributed by atoms with Crippen LogP contribution in [0.5, 0.6) is 0 Å². The molecule has 0 spiro atoms. The van der Waals surface area contributed by atoms with Crippen LogP contribution in [0, 0.1) is 13.8 Å². The second kappa shape index (κ2) is 3.72. The van der Waals surface area contributed by atoms with Crippen LogP contribution in [-0.4, -0.2) is 0 Å². The lowest BCUT2D eigenvalue weighted by atomic mass is 10.1. The fourth-order valence-electron chi connectivity index (χ4n) is 1.01. The van der Waals surface area contributed by atoms with Crippen LogP contribution >= 0.6 is 31.9 Å². The van der Waals surface area contributed by atoms with E-state index in [0.29, 0.717) is 0 Å². The Morgan fingerprint density at radius 1 is 1.18 bits per heavy atom. The van der Waals surface area contributed by atoms with Crippen LogP contribution in [0.2, 0.25) is 0 Å². The van der Waals surface area contributed by atoms with Gasteiger partial charge in [-0.05, 0) is 36.6 Å². The highest BCUT2D eigenvalue weighted by atomic mass is 79.9. The first-order valence-electron chi connectivity index (χ1n) is 3.46. The van der Waals surface area contributed by atoms with Crippen LogP contribution in [0.3, 0.4) is 0 Å². The minimum absolute atomic E-state index is 0.928. The summed E-state index contributed by atoms with van der Waals surface area (Å²) in [7, 11) is 0. The van der Waals surface area contributed by atoms with Gasteiger partial charge in [0.05, 0.1) is 0 Å². The maximum atomic E-state index is 3.50. The molecule has 2 heteroatoms. The summed E-state index contributed by atoms with van der Waals surface area (Å²) < 4.78 is 1.19. The van der Waals surface area contributed by atoms with E-state index in [1.54, 1.807) is 0 Å². The van der Waals surface area contributed by atoms with E-state index in [-0.39, 0.29) is 0 Å². The zero-order valence-electron chi connectivity index (χ0n) is 6.62. The molecule has 0 nitrogen and oxygen atoms in total. The molecule has 1 aromatic rings. The molecule has 0 heterocycles. The molecule has 0 atom stereocenters. The Morgan fingerprint density at radius 2 is 1.82 bits per heavy atom. The molecule has 0 aromatic heterocycles. The summed E-state index contributed by atoms with van der Waals surface area (Å²) >= 11 is 6.95. The van der Waals surface area contributed by atoms with Crippen molar-refractivity contribution in [2.75, 3.05) is 0 Å². The van der Waals surface area contributed by atoms with Gasteiger partial charge in [-0.15, -0.1) is 0 Å². The number of rotatable bonds is 1. The van der Waals surface area contributed by atoms with Gasteiger partial charge in [0.2, 0.25) is 0 Å². The molecule has 0 aliphatic rings. The summed E-state index contributed by atoms with van der Waals surface area (Å²) in [5.74, 6) is 0. The average molecular weight is 278 g/mol. The van der Waals surface area contributed by atoms with Crippen molar-refractivity contribution >= 4 is 31.9 Å². The summed E-state index contributed by atoms with van der Waals surface area (Å²) in [6, 6.07) is 4.36. The molecule has 1 rings (SSSR count). The molecular formula is C9H10Br2. The molecule has 0 bridgehead atoms. The number of hydrogen-bond acceptors (Lipinski definition) is 0. The molecule has 0 saturated carbocycles. The van der Waals surface area contributed by atoms with Gasteiger partial charge in [0.15, 0.2) is 0 Å². The average Bonchev–Trinajstić information content (AvgIpc) is 1.97. The first kappa shape index (κ1) is 9.27. The van der Waals surface area contributed by atoms with Crippen LogP contribution in [0.15, 0.2) is 16.6 Å². The van der Waals surface area contributed by atoms with Gasteiger partial charge in [-0.1, -0.05) is 37.9 Å². The molecule has 0 amide bonds. The van der Waals surface area contributed by atoms with E-state index in [4.69, 9.17) is 0 Å². The fourth-order valence-corrected chi connectivity index (χ4v) is 2.01. The maximum Gasteiger partial charge on any atom is 0.0286 e. The number of hydrogen-bond donors (Lipinski definition) is 0. The fraction of sp³-hybridized carbons (Fsp3) is 0.333. The third kappa shape index (κ3) is 2.06. The smallest absolute Gasteiger partial charge is 0.0286 e.